The Labute approximate surface area is 199 Å². The fraction of sp³-hybridized carbons (Fsp3) is 0.348. The van der Waals surface area contributed by atoms with Crippen LogP contribution >= 0.6 is 0 Å². The van der Waals surface area contributed by atoms with Crippen LogP contribution in [-0.4, -0.2) is 55.4 Å². The molecule has 0 aliphatic heterocycles. The second-order valence-electron chi connectivity index (χ2n) is 8.62. The van der Waals surface area contributed by atoms with Crippen LogP contribution in [0.1, 0.15) is 26.3 Å². The Bertz CT molecular complexity index is 1120. The van der Waals surface area contributed by atoms with Gasteiger partial charge >= 0.3 is 12.5 Å². The number of hydrogen-bond acceptors (Lipinski definition) is 7. The smallest absolute Gasteiger partial charge is 0.444 e. The quantitative estimate of drug-likeness (QED) is 0.430. The maximum atomic E-state index is 12.3. The Hall–Kier alpha value is -3.64. The molecular formula is C23H25F3N4O5. The van der Waals surface area contributed by atoms with Crippen LogP contribution in [0.15, 0.2) is 54.9 Å². The zero-order chi connectivity index (χ0) is 25.8. The van der Waals surface area contributed by atoms with Crippen molar-refractivity contribution < 1.29 is 37.7 Å². The molecule has 0 aliphatic rings. The Balaban J connectivity index is 1.66. The maximum Gasteiger partial charge on any atom is 0.573 e. The van der Waals surface area contributed by atoms with Gasteiger partial charge in [0, 0.05) is 5.56 Å². The van der Waals surface area contributed by atoms with Gasteiger partial charge in [-0.3, -0.25) is 0 Å². The number of alkyl halides is 3. The number of nitrogens with zero attached hydrogens (tertiary/aromatic N) is 3. The van der Waals surface area contributed by atoms with Crippen molar-refractivity contribution in [3.05, 3.63) is 60.4 Å². The van der Waals surface area contributed by atoms with Gasteiger partial charge in [0.05, 0.1) is 11.7 Å². The molecule has 1 atom stereocenters. The molecule has 0 saturated heterocycles. The van der Waals surface area contributed by atoms with Crippen LogP contribution in [0.4, 0.5) is 18.0 Å². The molecule has 1 amide bonds. The van der Waals surface area contributed by atoms with Crippen molar-refractivity contribution in [1.82, 2.24) is 20.1 Å². The van der Waals surface area contributed by atoms with Gasteiger partial charge in [-0.25, -0.2) is 14.5 Å². The van der Waals surface area contributed by atoms with Gasteiger partial charge in [0.15, 0.2) is 12.1 Å². The number of rotatable bonds is 7. The third-order valence-electron chi connectivity index (χ3n) is 4.56. The molecule has 2 aromatic carbocycles. The fourth-order valence-corrected chi connectivity index (χ4v) is 3.05. The summed E-state index contributed by atoms with van der Waals surface area (Å²) in [6.45, 7) is 5.09. The lowest BCUT2D eigenvalue weighted by molar-refractivity contribution is -0.274. The summed E-state index contributed by atoms with van der Waals surface area (Å²) in [6.07, 6.45) is -5.78. The summed E-state index contributed by atoms with van der Waals surface area (Å²) in [4.78, 5) is 16.2. The van der Waals surface area contributed by atoms with Gasteiger partial charge < -0.3 is 25.0 Å². The van der Waals surface area contributed by atoms with Crippen molar-refractivity contribution in [3.63, 3.8) is 0 Å². The van der Waals surface area contributed by atoms with Crippen LogP contribution < -0.4 is 10.1 Å². The van der Waals surface area contributed by atoms with Crippen LogP contribution in [-0.2, 0) is 11.2 Å². The fourth-order valence-electron chi connectivity index (χ4n) is 3.05. The minimum absolute atomic E-state index is 0.130. The van der Waals surface area contributed by atoms with E-state index in [2.05, 4.69) is 20.1 Å². The molecule has 0 aliphatic carbocycles. The number of carbonyl (C=O) groups excluding carboxylic acids is 1. The lowest BCUT2D eigenvalue weighted by Crippen LogP contribution is -2.46. The van der Waals surface area contributed by atoms with E-state index >= 15 is 0 Å². The average Bonchev–Trinajstić information content (AvgIpc) is 3.22. The summed E-state index contributed by atoms with van der Waals surface area (Å²) in [5.74, 6) is 0.0300. The number of benzene rings is 2. The molecule has 0 bridgehead atoms. The molecule has 9 nitrogen and oxygen atoms in total. The van der Waals surface area contributed by atoms with Gasteiger partial charge in [-0.1, -0.05) is 24.3 Å². The zero-order valence-electron chi connectivity index (χ0n) is 19.2. The summed E-state index contributed by atoms with van der Waals surface area (Å²) >= 11 is 0. The molecule has 35 heavy (non-hydrogen) atoms. The predicted octanol–water partition coefficient (Wildman–Crippen LogP) is 3.58. The van der Waals surface area contributed by atoms with E-state index in [1.807, 2.05) is 0 Å². The number of nitrogens with one attached hydrogen (secondary N) is 1. The first kappa shape index (κ1) is 26.0. The van der Waals surface area contributed by atoms with Gasteiger partial charge in [-0.15, -0.1) is 18.3 Å². The van der Waals surface area contributed by atoms with E-state index in [0.717, 1.165) is 0 Å². The summed E-state index contributed by atoms with van der Waals surface area (Å²) in [5.41, 5.74) is 1.13. The Kier molecular flexibility index (Phi) is 7.66. The number of carbonyl (C=O) groups is 1. The molecule has 1 unspecified atom stereocenters. The monoisotopic (exact) mass is 494 g/mol. The Morgan fingerprint density at radius 3 is 2.23 bits per heavy atom. The molecule has 12 heteroatoms. The standard InChI is InChI=1S/C23H25F3N4O5/c1-22(2,3)35-21(33)28-18(20(31)32)12-14-4-6-15(7-5-14)19-27-13-30(29-19)16-8-10-17(11-9-16)34-23(24,25)26/h4-11,13,18,20,31-32H,12H2,1-3H3,(H,28,33). The summed E-state index contributed by atoms with van der Waals surface area (Å²) in [6, 6.07) is 11.1. The molecule has 0 fully saturated rings. The molecule has 0 saturated carbocycles. The van der Waals surface area contributed by atoms with Crippen molar-refractivity contribution in [2.75, 3.05) is 0 Å². The molecule has 0 spiro atoms. The van der Waals surface area contributed by atoms with Gasteiger partial charge in [0.1, 0.15) is 17.7 Å². The van der Waals surface area contributed by atoms with E-state index in [1.54, 1.807) is 45.0 Å². The second kappa shape index (κ2) is 10.3. The first-order valence-corrected chi connectivity index (χ1v) is 10.5. The third kappa shape index (κ3) is 7.97. The lowest BCUT2D eigenvalue weighted by atomic mass is 10.0. The summed E-state index contributed by atoms with van der Waals surface area (Å²) in [5, 5.41) is 26.1. The highest BCUT2D eigenvalue weighted by Crippen LogP contribution is 2.24. The number of alkyl carbamates (subject to hydrolysis) is 1. The summed E-state index contributed by atoms with van der Waals surface area (Å²) < 4.78 is 47.3. The molecular weight excluding hydrogens is 469 g/mol. The number of halogens is 3. The van der Waals surface area contributed by atoms with E-state index in [0.29, 0.717) is 22.6 Å². The lowest BCUT2D eigenvalue weighted by Gasteiger charge is -2.24. The molecule has 3 N–H and O–H groups in total. The number of ether oxygens (including phenoxy) is 2. The van der Waals surface area contributed by atoms with Crippen molar-refractivity contribution in [2.24, 2.45) is 0 Å². The number of hydrogen-bond donors (Lipinski definition) is 3. The first-order valence-electron chi connectivity index (χ1n) is 10.5. The predicted molar refractivity (Wildman–Crippen MR) is 119 cm³/mol. The average molecular weight is 494 g/mol. The van der Waals surface area contributed by atoms with Crippen molar-refractivity contribution >= 4 is 6.09 Å². The molecule has 0 radical (unpaired) electrons. The van der Waals surface area contributed by atoms with Crippen LogP contribution in [0.5, 0.6) is 5.75 Å². The minimum atomic E-state index is -4.77. The van der Waals surface area contributed by atoms with Crippen LogP contribution in [0.2, 0.25) is 0 Å². The van der Waals surface area contributed by atoms with E-state index in [9.17, 15) is 28.2 Å². The number of aliphatic hydroxyl groups is 2. The Morgan fingerprint density at radius 1 is 1.06 bits per heavy atom. The molecule has 1 aromatic heterocycles. The van der Waals surface area contributed by atoms with Gasteiger partial charge in [-0.05, 0) is 57.0 Å². The molecule has 188 valence electrons. The molecule has 3 aromatic rings. The number of amides is 1. The number of aromatic nitrogens is 3. The zero-order valence-corrected chi connectivity index (χ0v) is 19.2. The maximum absolute atomic E-state index is 12.3. The van der Waals surface area contributed by atoms with Gasteiger partial charge in [0.2, 0.25) is 0 Å². The van der Waals surface area contributed by atoms with Gasteiger partial charge in [0.25, 0.3) is 0 Å². The SMILES string of the molecule is CC(C)(C)OC(=O)NC(Cc1ccc(-c2ncn(-c3ccc(OC(F)(F)F)cc3)n2)cc1)C(O)O. The van der Waals surface area contributed by atoms with E-state index < -0.39 is 30.4 Å². The van der Waals surface area contributed by atoms with Crippen molar-refractivity contribution in [2.45, 2.75) is 51.5 Å². The number of aliphatic hydroxyl groups excluding tert-OH is 1. The topological polar surface area (TPSA) is 119 Å². The third-order valence-corrected chi connectivity index (χ3v) is 4.56. The van der Waals surface area contributed by atoms with E-state index in [4.69, 9.17) is 4.74 Å². The van der Waals surface area contributed by atoms with Crippen LogP contribution in [0.3, 0.4) is 0 Å². The highest BCUT2D eigenvalue weighted by Gasteiger charge is 2.31. The highest BCUT2D eigenvalue weighted by atomic mass is 19.4. The van der Waals surface area contributed by atoms with Gasteiger partial charge in [-0.2, -0.15) is 0 Å². The van der Waals surface area contributed by atoms with Crippen molar-refractivity contribution in [3.8, 4) is 22.8 Å². The van der Waals surface area contributed by atoms with E-state index in [-0.39, 0.29) is 12.2 Å². The highest BCUT2D eigenvalue weighted by molar-refractivity contribution is 5.68. The van der Waals surface area contributed by atoms with E-state index in [1.165, 1.54) is 35.3 Å². The second-order valence-corrected chi connectivity index (χ2v) is 8.62. The van der Waals surface area contributed by atoms with Crippen LogP contribution in [0, 0.1) is 0 Å². The summed E-state index contributed by atoms with van der Waals surface area (Å²) in [7, 11) is 0. The van der Waals surface area contributed by atoms with Crippen molar-refractivity contribution in [1.29, 1.82) is 0 Å². The van der Waals surface area contributed by atoms with Crippen LogP contribution in [0.25, 0.3) is 17.1 Å². The molecule has 3 rings (SSSR count). The molecule has 1 heterocycles. The minimum Gasteiger partial charge on any atom is -0.444 e. The Morgan fingerprint density at radius 2 is 1.69 bits per heavy atom. The largest absolute Gasteiger partial charge is 0.573 e. The first-order chi connectivity index (χ1) is 16.3. The normalized spacial score (nSPS) is 12.9.